The molecule has 1 aliphatic heterocycles. The second-order valence-corrected chi connectivity index (χ2v) is 10.4. The number of alkyl halides is 3. The molecule has 3 fully saturated rings. The Kier molecular flexibility index (Phi) is 7.64. The topological polar surface area (TPSA) is 9.23 Å². The molecule has 3 aliphatic rings. The maximum absolute atomic E-state index is 13.8. The SMILES string of the molecule is Cc1ccc(C2CCC(C3CCC(C4CCC(/C(F)=C/C(F)(F)F)OC4)CC3)CC2)cc1. The predicted molar refractivity (Wildman–Crippen MR) is 119 cm³/mol. The minimum absolute atomic E-state index is 0.253. The van der Waals surface area contributed by atoms with E-state index in [0.717, 1.165) is 18.3 Å². The summed E-state index contributed by atoms with van der Waals surface area (Å²) < 4.78 is 56.4. The lowest BCUT2D eigenvalue weighted by molar-refractivity contribution is -0.0856. The number of hydrogen-bond acceptors (Lipinski definition) is 1. The van der Waals surface area contributed by atoms with Crippen molar-refractivity contribution in [1.82, 2.24) is 0 Å². The van der Waals surface area contributed by atoms with Crippen LogP contribution in [0.1, 0.15) is 81.3 Å². The fraction of sp³-hybridized carbons (Fsp3) is 0.704. The van der Waals surface area contributed by atoms with Crippen molar-refractivity contribution in [3.05, 3.63) is 47.3 Å². The monoisotopic (exact) mass is 452 g/mol. The second-order valence-electron chi connectivity index (χ2n) is 10.4. The highest BCUT2D eigenvalue weighted by Gasteiger charge is 2.36. The second kappa shape index (κ2) is 10.3. The van der Waals surface area contributed by atoms with Crippen LogP contribution in [0.25, 0.3) is 0 Å². The summed E-state index contributed by atoms with van der Waals surface area (Å²) in [6, 6.07) is 9.04. The van der Waals surface area contributed by atoms with E-state index in [9.17, 15) is 17.6 Å². The van der Waals surface area contributed by atoms with Crippen molar-refractivity contribution >= 4 is 0 Å². The van der Waals surface area contributed by atoms with Gasteiger partial charge in [0.1, 0.15) is 11.9 Å². The summed E-state index contributed by atoms with van der Waals surface area (Å²) in [4.78, 5) is 0. The molecule has 2 saturated carbocycles. The van der Waals surface area contributed by atoms with Crippen LogP contribution in [-0.4, -0.2) is 18.9 Å². The Hall–Kier alpha value is -1.36. The van der Waals surface area contributed by atoms with Gasteiger partial charge in [0, 0.05) is 0 Å². The molecule has 0 spiro atoms. The molecule has 2 unspecified atom stereocenters. The van der Waals surface area contributed by atoms with E-state index in [1.54, 1.807) is 0 Å². The van der Waals surface area contributed by atoms with Gasteiger partial charge in [0.25, 0.3) is 0 Å². The standard InChI is InChI=1S/C27H36F4O/c1-18-2-4-19(5-3-18)20-6-8-21(9-7-20)22-10-12-23(13-11-22)24-14-15-26(32-17-24)25(28)16-27(29,30)31/h2-5,16,20-24,26H,6-15,17H2,1H3/b25-16-. The van der Waals surface area contributed by atoms with Crippen molar-refractivity contribution in [3.8, 4) is 0 Å². The Bertz CT molecular complexity index is 745. The number of aryl methyl sites for hydroxylation is 1. The maximum Gasteiger partial charge on any atom is 0.412 e. The highest BCUT2D eigenvalue weighted by Crippen LogP contribution is 2.46. The smallest absolute Gasteiger partial charge is 0.371 e. The molecule has 0 bridgehead atoms. The molecule has 2 atom stereocenters. The summed E-state index contributed by atoms with van der Waals surface area (Å²) in [7, 11) is 0. The molecule has 5 heteroatoms. The summed E-state index contributed by atoms with van der Waals surface area (Å²) in [5, 5.41) is 0. The predicted octanol–water partition coefficient (Wildman–Crippen LogP) is 8.29. The van der Waals surface area contributed by atoms with Gasteiger partial charge in [0.15, 0.2) is 0 Å². The number of allylic oxidation sites excluding steroid dienone is 1. The fourth-order valence-electron chi connectivity index (χ4n) is 6.46. The number of halogens is 4. The van der Waals surface area contributed by atoms with Gasteiger partial charge in [0.2, 0.25) is 0 Å². The van der Waals surface area contributed by atoms with Gasteiger partial charge in [0.05, 0.1) is 12.7 Å². The van der Waals surface area contributed by atoms with Gasteiger partial charge in [-0.1, -0.05) is 29.8 Å². The van der Waals surface area contributed by atoms with Gasteiger partial charge in [-0.25, -0.2) is 4.39 Å². The maximum atomic E-state index is 13.8. The Balaban J connectivity index is 1.19. The first kappa shape index (κ1) is 23.8. The van der Waals surface area contributed by atoms with Crippen LogP contribution in [0.4, 0.5) is 17.6 Å². The zero-order valence-corrected chi connectivity index (χ0v) is 19.0. The van der Waals surface area contributed by atoms with Crippen LogP contribution >= 0.6 is 0 Å². The van der Waals surface area contributed by atoms with Crippen molar-refractivity contribution in [1.29, 1.82) is 0 Å². The van der Waals surface area contributed by atoms with Crippen LogP contribution < -0.4 is 0 Å². The molecule has 0 radical (unpaired) electrons. The van der Waals surface area contributed by atoms with Gasteiger partial charge in [-0.2, -0.15) is 13.2 Å². The summed E-state index contributed by atoms with van der Waals surface area (Å²) in [6.45, 7) is 2.53. The van der Waals surface area contributed by atoms with Gasteiger partial charge in [-0.05, 0) is 106 Å². The minimum Gasteiger partial charge on any atom is -0.371 e. The molecule has 0 amide bonds. The third-order valence-corrected chi connectivity index (χ3v) is 8.39. The average molecular weight is 453 g/mol. The Morgan fingerprint density at radius 1 is 0.781 bits per heavy atom. The highest BCUT2D eigenvalue weighted by atomic mass is 19.4. The van der Waals surface area contributed by atoms with E-state index in [-0.39, 0.29) is 6.08 Å². The highest BCUT2D eigenvalue weighted by molar-refractivity contribution is 5.24. The van der Waals surface area contributed by atoms with Crippen LogP contribution in [0.2, 0.25) is 0 Å². The Labute approximate surface area is 189 Å². The molecule has 178 valence electrons. The molecule has 1 saturated heterocycles. The van der Waals surface area contributed by atoms with E-state index in [0.29, 0.717) is 30.8 Å². The zero-order valence-electron chi connectivity index (χ0n) is 19.0. The molecule has 0 N–H and O–H groups in total. The largest absolute Gasteiger partial charge is 0.412 e. The molecule has 32 heavy (non-hydrogen) atoms. The number of rotatable bonds is 4. The Morgan fingerprint density at radius 2 is 1.28 bits per heavy atom. The van der Waals surface area contributed by atoms with Gasteiger partial charge >= 0.3 is 6.18 Å². The normalized spacial score (nSPS) is 35.0. The molecular weight excluding hydrogens is 416 g/mol. The fourth-order valence-corrected chi connectivity index (χ4v) is 6.46. The third kappa shape index (κ3) is 6.15. The van der Waals surface area contributed by atoms with Crippen molar-refractivity contribution in [3.63, 3.8) is 0 Å². The molecule has 2 aliphatic carbocycles. The first-order chi connectivity index (χ1) is 15.3. The van der Waals surface area contributed by atoms with E-state index in [1.165, 1.54) is 62.5 Å². The van der Waals surface area contributed by atoms with Crippen molar-refractivity contribution in [2.75, 3.05) is 6.61 Å². The summed E-state index contributed by atoms with van der Waals surface area (Å²) in [5.74, 6) is 2.12. The van der Waals surface area contributed by atoms with Crippen LogP contribution in [0.15, 0.2) is 36.2 Å². The summed E-state index contributed by atoms with van der Waals surface area (Å²) >= 11 is 0. The summed E-state index contributed by atoms with van der Waals surface area (Å²) in [6.07, 6.45) is 5.34. The Morgan fingerprint density at radius 3 is 1.78 bits per heavy atom. The molecule has 1 aromatic carbocycles. The number of benzene rings is 1. The zero-order chi connectivity index (χ0) is 22.7. The van der Waals surface area contributed by atoms with E-state index < -0.39 is 18.1 Å². The van der Waals surface area contributed by atoms with Crippen molar-refractivity contribution < 1.29 is 22.3 Å². The summed E-state index contributed by atoms with van der Waals surface area (Å²) in [5.41, 5.74) is 2.82. The molecule has 0 aromatic heterocycles. The first-order valence-electron chi connectivity index (χ1n) is 12.4. The van der Waals surface area contributed by atoms with Gasteiger partial charge < -0.3 is 4.74 Å². The lowest BCUT2D eigenvalue weighted by Crippen LogP contribution is -2.34. The van der Waals surface area contributed by atoms with Gasteiger partial charge in [-0.3, -0.25) is 0 Å². The molecule has 4 rings (SSSR count). The van der Waals surface area contributed by atoms with Crippen LogP contribution in [0.3, 0.4) is 0 Å². The van der Waals surface area contributed by atoms with Crippen molar-refractivity contribution in [2.45, 2.75) is 89.3 Å². The molecule has 1 aromatic rings. The number of hydrogen-bond donors (Lipinski definition) is 0. The quantitative estimate of drug-likeness (QED) is 0.418. The average Bonchev–Trinajstić information content (AvgIpc) is 2.79. The third-order valence-electron chi connectivity index (χ3n) is 8.39. The van der Waals surface area contributed by atoms with E-state index in [4.69, 9.17) is 4.74 Å². The van der Waals surface area contributed by atoms with Crippen LogP contribution in [0, 0.1) is 30.6 Å². The van der Waals surface area contributed by atoms with Crippen molar-refractivity contribution in [2.24, 2.45) is 23.7 Å². The van der Waals surface area contributed by atoms with E-state index in [1.807, 2.05) is 0 Å². The van der Waals surface area contributed by atoms with E-state index >= 15 is 0 Å². The first-order valence-corrected chi connectivity index (χ1v) is 12.4. The van der Waals surface area contributed by atoms with Crippen LogP contribution in [-0.2, 0) is 4.74 Å². The van der Waals surface area contributed by atoms with Gasteiger partial charge in [-0.15, -0.1) is 0 Å². The van der Waals surface area contributed by atoms with Crippen LogP contribution in [0.5, 0.6) is 0 Å². The molecular formula is C27H36F4O. The molecule has 1 heterocycles. The minimum atomic E-state index is -4.62. The lowest BCUT2D eigenvalue weighted by atomic mass is 9.66. The number of ether oxygens (including phenoxy) is 1. The molecule has 1 nitrogen and oxygen atoms in total. The lowest BCUT2D eigenvalue weighted by Gasteiger charge is -2.41. The van der Waals surface area contributed by atoms with E-state index in [2.05, 4.69) is 31.2 Å².